The number of nitrogens with one attached hydrogen (secondary N) is 1. The largest absolute Gasteiger partial charge is 0.462 e. The fourth-order valence-electron chi connectivity index (χ4n) is 3.70. The number of ether oxygens (including phenoxy) is 2. The van der Waals surface area contributed by atoms with E-state index in [2.05, 4.69) is 4.98 Å². The first-order valence-electron chi connectivity index (χ1n) is 10.8. The zero-order valence-corrected chi connectivity index (χ0v) is 19.8. The molecule has 2 heterocycles. The number of anilines is 1. The third kappa shape index (κ3) is 4.93. The fraction of sp³-hybridized carbons (Fsp3) is 0.292. The second-order valence-electron chi connectivity index (χ2n) is 7.82. The van der Waals surface area contributed by atoms with Crippen molar-refractivity contribution < 1.29 is 23.9 Å². The number of aryl methyl sites for hydroxylation is 1. The molecule has 0 unspecified atom stereocenters. The van der Waals surface area contributed by atoms with Crippen molar-refractivity contribution in [2.45, 2.75) is 27.3 Å². The predicted octanol–water partition coefficient (Wildman–Crippen LogP) is 1.34. The van der Waals surface area contributed by atoms with E-state index in [-0.39, 0.29) is 30.2 Å². The van der Waals surface area contributed by atoms with Gasteiger partial charge < -0.3 is 20.2 Å². The van der Waals surface area contributed by atoms with Crippen LogP contribution in [-0.4, -0.2) is 45.1 Å². The number of hydrogen-bond acceptors (Lipinski definition) is 8. The summed E-state index contributed by atoms with van der Waals surface area (Å²) in [6.45, 7) is 4.21. The van der Waals surface area contributed by atoms with Gasteiger partial charge in [-0.25, -0.2) is 14.4 Å². The number of esters is 2. The van der Waals surface area contributed by atoms with Gasteiger partial charge in [-0.3, -0.25) is 18.7 Å². The average molecular weight is 482 g/mol. The molecule has 35 heavy (non-hydrogen) atoms. The Morgan fingerprint density at radius 1 is 1.00 bits per heavy atom. The molecule has 0 aliphatic rings. The van der Waals surface area contributed by atoms with Crippen LogP contribution in [0.25, 0.3) is 0 Å². The smallest absolute Gasteiger partial charge is 0.355 e. The highest BCUT2D eigenvalue weighted by Gasteiger charge is 2.26. The number of nitrogens with two attached hydrogens (primary N) is 1. The lowest BCUT2D eigenvalue weighted by atomic mass is 10.1. The molecule has 0 radical (unpaired) electrons. The van der Waals surface area contributed by atoms with E-state index in [0.29, 0.717) is 11.3 Å². The molecule has 11 heteroatoms. The number of carbonyl (C=O) groups is 3. The highest BCUT2D eigenvalue weighted by molar-refractivity contribution is 6.03. The van der Waals surface area contributed by atoms with E-state index >= 15 is 0 Å². The van der Waals surface area contributed by atoms with Crippen molar-refractivity contribution in [2.75, 3.05) is 18.9 Å². The van der Waals surface area contributed by atoms with Crippen LogP contribution in [0.2, 0.25) is 0 Å². The van der Waals surface area contributed by atoms with Gasteiger partial charge in [-0.05, 0) is 31.9 Å². The Balaban J connectivity index is 1.86. The van der Waals surface area contributed by atoms with E-state index in [1.165, 1.54) is 7.05 Å². The zero-order valence-electron chi connectivity index (χ0n) is 19.8. The van der Waals surface area contributed by atoms with E-state index in [1.54, 1.807) is 45.0 Å². The summed E-state index contributed by atoms with van der Waals surface area (Å²) in [6, 6.07) is 8.91. The molecule has 3 N–H and O–H groups in total. The summed E-state index contributed by atoms with van der Waals surface area (Å²) in [5.74, 6) is -2.68. The van der Waals surface area contributed by atoms with E-state index in [4.69, 9.17) is 15.2 Å². The number of aromatic amines is 1. The lowest BCUT2D eigenvalue weighted by Gasteiger charge is -2.14. The number of ketones is 1. The first-order valence-corrected chi connectivity index (χ1v) is 10.8. The van der Waals surface area contributed by atoms with Crippen molar-refractivity contribution in [3.8, 4) is 0 Å². The fourth-order valence-corrected chi connectivity index (χ4v) is 3.70. The first kappa shape index (κ1) is 25.2. The van der Waals surface area contributed by atoms with Gasteiger partial charge in [0.1, 0.15) is 17.1 Å². The lowest BCUT2D eigenvalue weighted by Crippen LogP contribution is -2.43. The molecule has 0 spiro atoms. The number of H-pyrrole nitrogens is 1. The van der Waals surface area contributed by atoms with Crippen molar-refractivity contribution in [1.29, 1.82) is 0 Å². The zero-order chi connectivity index (χ0) is 25.9. The second kappa shape index (κ2) is 10.2. The Labute approximate surface area is 200 Å². The molecule has 0 saturated heterocycles. The molecule has 1 aromatic carbocycles. The maximum atomic E-state index is 12.9. The normalized spacial score (nSPS) is 10.7. The third-order valence-corrected chi connectivity index (χ3v) is 5.50. The van der Waals surface area contributed by atoms with Crippen LogP contribution in [0.15, 0.2) is 39.9 Å². The third-order valence-electron chi connectivity index (χ3n) is 5.50. The molecule has 0 aliphatic heterocycles. The van der Waals surface area contributed by atoms with Gasteiger partial charge in [-0.15, -0.1) is 0 Å². The van der Waals surface area contributed by atoms with Crippen LogP contribution < -0.4 is 17.0 Å². The van der Waals surface area contributed by atoms with Crippen molar-refractivity contribution in [3.63, 3.8) is 0 Å². The van der Waals surface area contributed by atoms with Gasteiger partial charge in [0.15, 0.2) is 6.61 Å². The van der Waals surface area contributed by atoms with Crippen molar-refractivity contribution >= 4 is 23.5 Å². The summed E-state index contributed by atoms with van der Waals surface area (Å²) in [5, 5.41) is 0. The molecule has 0 bridgehead atoms. The highest BCUT2D eigenvalue weighted by atomic mass is 16.5. The highest BCUT2D eigenvalue weighted by Crippen LogP contribution is 2.20. The molecule has 0 fully saturated rings. The number of benzene rings is 1. The standard InChI is InChI=1S/C24H26N4O7/c1-5-34-22(31)17-13(2)19(26-14(17)3)23(32)35-12-16(29)18-20(25)28(24(33)27(4)21(18)30)11-15-9-7-6-8-10-15/h6-10,26H,5,11-12,25H2,1-4H3. The number of rotatable bonds is 8. The molecule has 3 rings (SSSR count). The number of Topliss-reactive ketones (excluding diaryl/α,β-unsaturated/α-hetero) is 1. The number of carbonyl (C=O) groups excluding carboxylic acids is 3. The number of nitrogen functional groups attached to an aromatic ring is 1. The quantitative estimate of drug-likeness (QED) is 0.360. The van der Waals surface area contributed by atoms with E-state index in [1.807, 2.05) is 6.07 Å². The molecule has 0 amide bonds. The average Bonchev–Trinajstić information content (AvgIpc) is 3.13. The maximum absolute atomic E-state index is 12.9. The van der Waals surface area contributed by atoms with Crippen molar-refractivity contribution in [3.05, 3.63) is 84.8 Å². The van der Waals surface area contributed by atoms with Crippen LogP contribution in [0.4, 0.5) is 5.82 Å². The van der Waals surface area contributed by atoms with Gasteiger partial charge in [-0.1, -0.05) is 30.3 Å². The van der Waals surface area contributed by atoms with Crippen LogP contribution >= 0.6 is 0 Å². The Morgan fingerprint density at radius 3 is 2.29 bits per heavy atom. The van der Waals surface area contributed by atoms with E-state index < -0.39 is 41.1 Å². The Bertz CT molecular complexity index is 1410. The minimum atomic E-state index is -0.900. The van der Waals surface area contributed by atoms with Crippen LogP contribution in [0.5, 0.6) is 0 Å². The van der Waals surface area contributed by atoms with Crippen molar-refractivity contribution in [2.24, 2.45) is 7.05 Å². The molecule has 184 valence electrons. The van der Waals surface area contributed by atoms with Crippen LogP contribution in [-0.2, 0) is 23.1 Å². The molecule has 2 aromatic heterocycles. The minimum Gasteiger partial charge on any atom is -0.462 e. The lowest BCUT2D eigenvalue weighted by molar-refractivity contribution is 0.0468. The Hall–Kier alpha value is -4.41. The summed E-state index contributed by atoms with van der Waals surface area (Å²) >= 11 is 0. The second-order valence-corrected chi connectivity index (χ2v) is 7.82. The van der Waals surface area contributed by atoms with Gasteiger partial charge >= 0.3 is 17.6 Å². The van der Waals surface area contributed by atoms with Crippen molar-refractivity contribution in [1.82, 2.24) is 14.1 Å². The van der Waals surface area contributed by atoms with Crippen LogP contribution in [0.3, 0.4) is 0 Å². The van der Waals surface area contributed by atoms with Gasteiger partial charge in [0.05, 0.1) is 18.7 Å². The number of hydrogen-bond donors (Lipinski definition) is 2. The molecular formula is C24H26N4O7. The summed E-state index contributed by atoms with van der Waals surface area (Å²) in [4.78, 5) is 65.7. The summed E-state index contributed by atoms with van der Waals surface area (Å²) < 4.78 is 12.0. The van der Waals surface area contributed by atoms with Gasteiger partial charge in [0.2, 0.25) is 5.78 Å². The first-order chi connectivity index (χ1) is 16.6. The summed E-state index contributed by atoms with van der Waals surface area (Å²) in [6.07, 6.45) is 0. The maximum Gasteiger partial charge on any atom is 0.355 e. The van der Waals surface area contributed by atoms with Gasteiger partial charge in [-0.2, -0.15) is 0 Å². The SMILES string of the molecule is CCOC(=O)c1c(C)[nH]c(C(=O)OCC(=O)c2c(N)n(Cc3ccccc3)c(=O)n(C)c2=O)c1C. The van der Waals surface area contributed by atoms with Crippen LogP contribution in [0.1, 0.15) is 54.9 Å². The molecular weight excluding hydrogens is 456 g/mol. The Morgan fingerprint density at radius 2 is 1.66 bits per heavy atom. The van der Waals surface area contributed by atoms with Gasteiger partial charge in [0, 0.05) is 12.7 Å². The topological polar surface area (TPSA) is 155 Å². The number of nitrogens with zero attached hydrogens (tertiary/aromatic N) is 2. The van der Waals surface area contributed by atoms with E-state index in [9.17, 15) is 24.0 Å². The molecule has 0 saturated carbocycles. The molecule has 0 atom stereocenters. The Kier molecular flexibility index (Phi) is 7.38. The van der Waals surface area contributed by atoms with Crippen LogP contribution in [0, 0.1) is 13.8 Å². The van der Waals surface area contributed by atoms with E-state index in [0.717, 1.165) is 14.7 Å². The molecule has 0 aliphatic carbocycles. The predicted molar refractivity (Wildman–Crippen MR) is 127 cm³/mol. The molecule has 3 aromatic rings. The number of aromatic nitrogens is 3. The van der Waals surface area contributed by atoms with Gasteiger partial charge in [0.25, 0.3) is 5.56 Å². The molecule has 11 nitrogen and oxygen atoms in total. The monoisotopic (exact) mass is 482 g/mol. The minimum absolute atomic E-state index is 0.0201. The summed E-state index contributed by atoms with van der Waals surface area (Å²) in [5.41, 5.74) is 5.66. The summed E-state index contributed by atoms with van der Waals surface area (Å²) in [7, 11) is 1.23.